The van der Waals surface area contributed by atoms with Crippen LogP contribution in [-0.2, 0) is 0 Å². The molecule has 1 heterocycles. The molecule has 0 amide bonds. The van der Waals surface area contributed by atoms with Crippen LogP contribution in [0.4, 0.5) is 11.4 Å². The van der Waals surface area contributed by atoms with E-state index in [-0.39, 0.29) is 0 Å². The van der Waals surface area contributed by atoms with Gasteiger partial charge in [0.1, 0.15) is 5.82 Å². The van der Waals surface area contributed by atoms with Crippen LogP contribution in [0, 0.1) is 0 Å². The van der Waals surface area contributed by atoms with Crippen molar-refractivity contribution in [2.45, 2.75) is 13.3 Å². The topological polar surface area (TPSA) is 67.1 Å². The second kappa shape index (κ2) is 6.84. The highest BCUT2D eigenvalue weighted by atomic mass is 14.9. The van der Waals surface area contributed by atoms with E-state index in [4.69, 9.17) is 5.73 Å². The Balaban J connectivity index is 1.71. The lowest BCUT2D eigenvalue weighted by atomic mass is 10.0. The minimum atomic E-state index is 0.682. The summed E-state index contributed by atoms with van der Waals surface area (Å²) >= 11 is 0. The number of aromatic nitrogens is 2. The summed E-state index contributed by atoms with van der Waals surface area (Å²) in [5.74, 6) is 0.876. The zero-order valence-corrected chi connectivity index (χ0v) is 14.6. The number of aliphatic imine (C=N–C) groups is 1. The molecule has 4 heteroatoms. The third kappa shape index (κ3) is 3.09. The highest BCUT2D eigenvalue weighted by molar-refractivity contribution is 5.86. The van der Waals surface area contributed by atoms with Crippen molar-refractivity contribution in [3.63, 3.8) is 0 Å². The molecule has 0 saturated heterocycles. The Morgan fingerprint density at radius 3 is 2.50 bits per heavy atom. The molecule has 1 aromatic heterocycles. The predicted octanol–water partition coefficient (Wildman–Crippen LogP) is 5.59. The molecule has 0 radical (unpaired) electrons. The second-order valence-corrected chi connectivity index (χ2v) is 6.18. The molecule has 0 unspecified atom stereocenters. The minimum Gasteiger partial charge on any atom is -0.397 e. The summed E-state index contributed by atoms with van der Waals surface area (Å²) in [4.78, 5) is 12.5. The number of nitrogens with two attached hydrogens (primary N) is 1. The number of H-pyrrole nitrogens is 1. The second-order valence-electron chi connectivity index (χ2n) is 6.18. The number of fused-ring (bicyclic) bond motifs is 1. The molecule has 0 bridgehead atoms. The highest BCUT2D eigenvalue weighted by Gasteiger charge is 2.08. The Hall–Kier alpha value is -3.40. The van der Waals surface area contributed by atoms with Gasteiger partial charge in [0, 0.05) is 11.8 Å². The molecule has 3 aromatic carbocycles. The van der Waals surface area contributed by atoms with Crippen LogP contribution < -0.4 is 5.73 Å². The van der Waals surface area contributed by atoms with Crippen LogP contribution in [0.15, 0.2) is 71.7 Å². The van der Waals surface area contributed by atoms with Crippen LogP contribution in [0.25, 0.3) is 33.5 Å². The maximum absolute atomic E-state index is 6.16. The number of benzene rings is 3. The van der Waals surface area contributed by atoms with E-state index in [0.29, 0.717) is 5.69 Å². The van der Waals surface area contributed by atoms with E-state index < -0.39 is 0 Å². The number of hydrogen-bond donors (Lipinski definition) is 2. The van der Waals surface area contributed by atoms with Gasteiger partial charge in [-0.2, -0.15) is 0 Å². The van der Waals surface area contributed by atoms with Crippen LogP contribution in [0.3, 0.4) is 0 Å². The van der Waals surface area contributed by atoms with Crippen molar-refractivity contribution < 1.29 is 0 Å². The number of nitrogen functional groups attached to an aromatic ring is 1. The molecule has 0 spiro atoms. The van der Waals surface area contributed by atoms with Crippen molar-refractivity contribution in [1.82, 2.24) is 9.97 Å². The van der Waals surface area contributed by atoms with Gasteiger partial charge in [-0.25, -0.2) is 4.98 Å². The number of imidazole rings is 1. The van der Waals surface area contributed by atoms with Crippen LogP contribution in [-0.4, -0.2) is 16.2 Å². The van der Waals surface area contributed by atoms with Gasteiger partial charge >= 0.3 is 0 Å². The fraction of sp³-hybridized carbons (Fsp3) is 0.0909. The third-order valence-corrected chi connectivity index (χ3v) is 4.30. The number of aromatic amines is 1. The molecular weight excluding hydrogens is 320 g/mol. The van der Waals surface area contributed by atoms with Crippen molar-refractivity contribution in [2.75, 3.05) is 5.73 Å². The minimum absolute atomic E-state index is 0.682. The molecule has 0 fully saturated rings. The molecule has 0 atom stereocenters. The zero-order chi connectivity index (χ0) is 17.9. The maximum Gasteiger partial charge on any atom is 0.138 e. The molecule has 4 nitrogen and oxygen atoms in total. The highest BCUT2D eigenvalue weighted by Crippen LogP contribution is 2.30. The largest absolute Gasteiger partial charge is 0.397 e. The summed E-state index contributed by atoms with van der Waals surface area (Å²) < 4.78 is 0. The Kier molecular flexibility index (Phi) is 4.23. The number of nitrogens with zero attached hydrogens (tertiary/aromatic N) is 2. The molecular formula is C22H20N4. The average Bonchev–Trinajstić information content (AvgIpc) is 3.11. The Morgan fingerprint density at radius 2 is 1.73 bits per heavy atom. The summed E-state index contributed by atoms with van der Waals surface area (Å²) in [5, 5.41) is 0. The molecule has 26 heavy (non-hydrogen) atoms. The molecule has 4 aromatic rings. The zero-order valence-electron chi connectivity index (χ0n) is 14.6. The van der Waals surface area contributed by atoms with E-state index in [1.165, 1.54) is 0 Å². The van der Waals surface area contributed by atoms with Gasteiger partial charge in [0.15, 0.2) is 0 Å². The van der Waals surface area contributed by atoms with Crippen molar-refractivity contribution in [3.05, 3.63) is 66.7 Å². The fourth-order valence-corrected chi connectivity index (χ4v) is 2.96. The lowest BCUT2D eigenvalue weighted by Gasteiger charge is -2.05. The van der Waals surface area contributed by atoms with Gasteiger partial charge in [0.2, 0.25) is 0 Å². The van der Waals surface area contributed by atoms with Gasteiger partial charge in [-0.1, -0.05) is 49.4 Å². The van der Waals surface area contributed by atoms with E-state index >= 15 is 0 Å². The fourth-order valence-electron chi connectivity index (χ4n) is 2.96. The number of anilines is 1. The average molecular weight is 340 g/mol. The first-order valence-electron chi connectivity index (χ1n) is 8.72. The molecule has 0 aliphatic rings. The molecule has 0 saturated carbocycles. The van der Waals surface area contributed by atoms with Crippen LogP contribution in [0.1, 0.15) is 13.3 Å². The van der Waals surface area contributed by atoms with E-state index in [9.17, 15) is 0 Å². The lowest BCUT2D eigenvalue weighted by molar-refractivity contribution is 1.31. The van der Waals surface area contributed by atoms with Crippen LogP contribution >= 0.6 is 0 Å². The Labute approximate surface area is 152 Å². The standard InChI is InChI=1S/C22H20N4/c1-2-12-24-19-10-8-16(13-18(19)23)17-9-11-20-21(14-17)26-22(25-20)15-6-4-3-5-7-15/h3-14H,2,23H2,1H3,(H,25,26). The maximum atomic E-state index is 6.16. The van der Waals surface area contributed by atoms with Crippen molar-refractivity contribution in [3.8, 4) is 22.5 Å². The summed E-state index contributed by atoms with van der Waals surface area (Å²) in [6, 6.07) is 22.3. The molecule has 0 aliphatic carbocycles. The normalized spacial score (nSPS) is 11.4. The van der Waals surface area contributed by atoms with Gasteiger partial charge in [0.25, 0.3) is 0 Å². The van der Waals surface area contributed by atoms with Crippen LogP contribution in [0.2, 0.25) is 0 Å². The predicted molar refractivity (Wildman–Crippen MR) is 110 cm³/mol. The molecule has 0 aliphatic heterocycles. The Morgan fingerprint density at radius 1 is 0.962 bits per heavy atom. The third-order valence-electron chi connectivity index (χ3n) is 4.30. The molecule has 4 rings (SSSR count). The van der Waals surface area contributed by atoms with Crippen LogP contribution in [0.5, 0.6) is 0 Å². The summed E-state index contributed by atoms with van der Waals surface area (Å²) in [7, 11) is 0. The smallest absolute Gasteiger partial charge is 0.138 e. The van der Waals surface area contributed by atoms with Crippen molar-refractivity contribution in [1.29, 1.82) is 0 Å². The van der Waals surface area contributed by atoms with Crippen molar-refractivity contribution >= 4 is 28.6 Å². The van der Waals surface area contributed by atoms with E-state index in [1.807, 2.05) is 48.7 Å². The summed E-state index contributed by atoms with van der Waals surface area (Å²) in [5.41, 5.74) is 12.8. The molecule has 128 valence electrons. The SMILES string of the molecule is CCC=Nc1ccc(-c2ccc3nc(-c4ccccc4)[nH]c3c2)cc1N. The van der Waals surface area contributed by atoms with Gasteiger partial charge in [-0.3, -0.25) is 4.99 Å². The number of rotatable bonds is 4. The van der Waals surface area contributed by atoms with Gasteiger partial charge in [0.05, 0.1) is 22.4 Å². The van der Waals surface area contributed by atoms with E-state index in [1.54, 1.807) is 0 Å². The first-order chi connectivity index (χ1) is 12.7. The van der Waals surface area contributed by atoms with Crippen molar-refractivity contribution in [2.24, 2.45) is 4.99 Å². The van der Waals surface area contributed by atoms with Gasteiger partial charge in [-0.05, 0) is 41.8 Å². The quantitative estimate of drug-likeness (QED) is 0.375. The lowest BCUT2D eigenvalue weighted by Crippen LogP contribution is -1.87. The van der Waals surface area contributed by atoms with Gasteiger partial charge in [-0.15, -0.1) is 0 Å². The monoisotopic (exact) mass is 340 g/mol. The summed E-state index contributed by atoms with van der Waals surface area (Å²) in [6.45, 7) is 2.05. The summed E-state index contributed by atoms with van der Waals surface area (Å²) in [6.07, 6.45) is 2.76. The van der Waals surface area contributed by atoms with E-state index in [0.717, 1.165) is 45.7 Å². The molecule has 3 N–H and O–H groups in total. The number of nitrogens with one attached hydrogen (secondary N) is 1. The Bertz CT molecular complexity index is 1080. The first kappa shape index (κ1) is 16.1. The van der Waals surface area contributed by atoms with E-state index in [2.05, 4.69) is 46.1 Å². The van der Waals surface area contributed by atoms with Gasteiger partial charge < -0.3 is 10.7 Å². The first-order valence-corrected chi connectivity index (χ1v) is 8.72. The number of hydrogen-bond acceptors (Lipinski definition) is 3.